The van der Waals surface area contributed by atoms with Crippen LogP contribution in [0.25, 0.3) is 0 Å². The van der Waals surface area contributed by atoms with Crippen molar-refractivity contribution in [2.24, 2.45) is 5.92 Å². The van der Waals surface area contributed by atoms with Crippen LogP contribution >= 0.6 is 11.6 Å². The molecule has 1 aromatic carbocycles. The molecule has 0 aromatic heterocycles. The molecule has 1 amide bonds. The van der Waals surface area contributed by atoms with Gasteiger partial charge in [0.15, 0.2) is 11.5 Å². The van der Waals surface area contributed by atoms with E-state index in [4.69, 9.17) is 27.5 Å². The summed E-state index contributed by atoms with van der Waals surface area (Å²) in [7, 11) is 0. The van der Waals surface area contributed by atoms with Crippen LogP contribution < -0.4 is 9.47 Å². The van der Waals surface area contributed by atoms with E-state index in [9.17, 15) is 4.79 Å². The fourth-order valence-corrected chi connectivity index (χ4v) is 3.10. The molecule has 0 N–H and O–H groups in total. The molecule has 1 atom stereocenters. The minimum Gasteiger partial charge on any atom is -0.489 e. The van der Waals surface area contributed by atoms with E-state index in [2.05, 4.69) is 5.92 Å². The van der Waals surface area contributed by atoms with Gasteiger partial charge in [-0.15, -0.1) is 12.3 Å². The van der Waals surface area contributed by atoms with E-state index in [1.54, 1.807) is 17.0 Å². The van der Waals surface area contributed by atoms with Crippen molar-refractivity contribution in [2.45, 2.75) is 19.3 Å². The quantitative estimate of drug-likeness (QED) is 0.747. The van der Waals surface area contributed by atoms with Gasteiger partial charge in [-0.3, -0.25) is 4.79 Å². The van der Waals surface area contributed by atoms with E-state index in [1.165, 1.54) is 0 Å². The highest BCUT2D eigenvalue weighted by atomic mass is 35.5. The lowest BCUT2D eigenvalue weighted by atomic mass is 9.98. The number of carbonyl (C=O) groups is 1. The van der Waals surface area contributed by atoms with Crippen molar-refractivity contribution in [3.63, 3.8) is 0 Å². The highest BCUT2D eigenvalue weighted by Gasteiger charge is 2.25. The zero-order valence-corrected chi connectivity index (χ0v) is 13.1. The number of amides is 1. The summed E-state index contributed by atoms with van der Waals surface area (Å²) < 4.78 is 11.2. The van der Waals surface area contributed by atoms with Crippen molar-refractivity contribution in [3.05, 3.63) is 22.7 Å². The monoisotopic (exact) mass is 319 g/mol. The maximum atomic E-state index is 12.7. The van der Waals surface area contributed by atoms with Crippen molar-refractivity contribution >= 4 is 17.5 Å². The van der Waals surface area contributed by atoms with Gasteiger partial charge in [0.2, 0.25) is 0 Å². The largest absolute Gasteiger partial charge is 0.489 e. The van der Waals surface area contributed by atoms with E-state index < -0.39 is 0 Å². The molecule has 2 aliphatic heterocycles. The van der Waals surface area contributed by atoms with Gasteiger partial charge < -0.3 is 14.4 Å². The van der Waals surface area contributed by atoms with E-state index in [-0.39, 0.29) is 11.8 Å². The third-order valence-electron chi connectivity index (χ3n) is 3.99. The van der Waals surface area contributed by atoms with Gasteiger partial charge in [0.25, 0.3) is 5.91 Å². The number of nitrogens with zero attached hydrogens (tertiary/aromatic N) is 1. The van der Waals surface area contributed by atoms with Crippen molar-refractivity contribution in [2.75, 3.05) is 26.3 Å². The molecule has 3 rings (SSSR count). The van der Waals surface area contributed by atoms with Gasteiger partial charge in [0.1, 0.15) is 0 Å². The van der Waals surface area contributed by atoms with Crippen LogP contribution in [0.3, 0.4) is 0 Å². The van der Waals surface area contributed by atoms with Gasteiger partial charge in [-0.1, -0.05) is 11.6 Å². The summed E-state index contributed by atoms with van der Waals surface area (Å²) in [6.45, 7) is 2.45. The Morgan fingerprint density at radius 2 is 2.14 bits per heavy atom. The minimum absolute atomic E-state index is 0.0579. The first-order valence-electron chi connectivity index (χ1n) is 7.53. The van der Waals surface area contributed by atoms with Gasteiger partial charge in [-0.05, 0) is 25.0 Å². The van der Waals surface area contributed by atoms with E-state index >= 15 is 0 Å². The van der Waals surface area contributed by atoms with Crippen LogP contribution in [0, 0.1) is 18.3 Å². The van der Waals surface area contributed by atoms with Crippen LogP contribution in [0.1, 0.15) is 29.6 Å². The molecule has 0 unspecified atom stereocenters. The maximum absolute atomic E-state index is 12.7. The van der Waals surface area contributed by atoms with E-state index in [0.717, 1.165) is 25.8 Å². The Balaban J connectivity index is 1.85. The molecular weight excluding hydrogens is 302 g/mol. The molecule has 0 spiro atoms. The van der Waals surface area contributed by atoms with Gasteiger partial charge in [-0.25, -0.2) is 0 Å². The van der Waals surface area contributed by atoms with Crippen LogP contribution in [0.5, 0.6) is 11.5 Å². The fourth-order valence-electron chi connectivity index (χ4n) is 2.83. The van der Waals surface area contributed by atoms with Crippen molar-refractivity contribution in [1.29, 1.82) is 0 Å². The van der Waals surface area contributed by atoms with E-state index in [1.807, 2.05) is 0 Å². The molecule has 1 fully saturated rings. The van der Waals surface area contributed by atoms with Crippen LogP contribution in [-0.2, 0) is 0 Å². The lowest BCUT2D eigenvalue weighted by molar-refractivity contribution is 0.0699. The Labute approximate surface area is 135 Å². The summed E-state index contributed by atoms with van der Waals surface area (Å²) >= 11 is 6.25. The number of fused-ring (bicyclic) bond motifs is 1. The molecule has 22 heavy (non-hydrogen) atoms. The lowest BCUT2D eigenvalue weighted by Crippen LogP contribution is -2.39. The van der Waals surface area contributed by atoms with Crippen LogP contribution in [0.15, 0.2) is 12.1 Å². The molecule has 5 heteroatoms. The Bertz CT molecular complexity index is 623. The average molecular weight is 320 g/mol. The summed E-state index contributed by atoms with van der Waals surface area (Å²) in [5.41, 5.74) is 0.520. The van der Waals surface area contributed by atoms with Crippen molar-refractivity contribution < 1.29 is 14.3 Å². The standard InChI is InChI=1S/C17H18ClNO3/c1-2-12-5-3-6-19(11-12)17(20)13-9-14(18)16-15(10-13)21-7-4-8-22-16/h1,9-10,12H,3-8,11H2/t12-/m0/s1. The van der Waals surface area contributed by atoms with Gasteiger partial charge >= 0.3 is 0 Å². The first-order valence-corrected chi connectivity index (χ1v) is 7.91. The molecule has 0 saturated carbocycles. The highest BCUT2D eigenvalue weighted by molar-refractivity contribution is 6.32. The van der Waals surface area contributed by atoms with Crippen LogP contribution in [0.2, 0.25) is 5.02 Å². The second kappa shape index (κ2) is 6.50. The van der Waals surface area contributed by atoms with Gasteiger partial charge in [0, 0.05) is 31.0 Å². The molecule has 4 nitrogen and oxygen atoms in total. The Kier molecular flexibility index (Phi) is 4.44. The number of rotatable bonds is 1. The normalized spacial score (nSPS) is 20.9. The number of hydrogen-bond donors (Lipinski definition) is 0. The highest BCUT2D eigenvalue weighted by Crippen LogP contribution is 2.38. The predicted octanol–water partition coefficient (Wildman–Crippen LogP) is 2.99. The SMILES string of the molecule is C#C[C@H]1CCCN(C(=O)c2cc(Cl)c3c(c2)OCCCO3)C1. The summed E-state index contributed by atoms with van der Waals surface area (Å²) in [5.74, 6) is 3.88. The topological polar surface area (TPSA) is 38.8 Å². The molecule has 1 saturated heterocycles. The first-order chi connectivity index (χ1) is 10.7. The zero-order chi connectivity index (χ0) is 15.5. The predicted molar refractivity (Wildman–Crippen MR) is 84.5 cm³/mol. The molecular formula is C17H18ClNO3. The van der Waals surface area contributed by atoms with Crippen LogP contribution in [0.4, 0.5) is 0 Å². The smallest absolute Gasteiger partial charge is 0.254 e. The molecule has 2 aliphatic rings. The van der Waals surface area contributed by atoms with Gasteiger partial charge in [-0.2, -0.15) is 0 Å². The average Bonchev–Trinajstić information content (AvgIpc) is 2.80. The summed E-state index contributed by atoms with van der Waals surface area (Å²) in [6, 6.07) is 3.37. The lowest BCUT2D eigenvalue weighted by Gasteiger charge is -2.30. The van der Waals surface area contributed by atoms with Crippen LogP contribution in [-0.4, -0.2) is 37.1 Å². The van der Waals surface area contributed by atoms with Crippen molar-refractivity contribution in [3.8, 4) is 23.8 Å². The van der Waals surface area contributed by atoms with Crippen molar-refractivity contribution in [1.82, 2.24) is 4.90 Å². The third kappa shape index (κ3) is 3.00. The number of benzene rings is 1. The third-order valence-corrected chi connectivity index (χ3v) is 4.27. The Morgan fingerprint density at radius 1 is 1.32 bits per heavy atom. The maximum Gasteiger partial charge on any atom is 0.254 e. The summed E-state index contributed by atoms with van der Waals surface area (Å²) in [4.78, 5) is 14.5. The van der Waals surface area contributed by atoms with E-state index in [0.29, 0.717) is 41.8 Å². The Hall–Kier alpha value is -1.86. The molecule has 1 aromatic rings. The minimum atomic E-state index is -0.0579. The number of carbonyl (C=O) groups excluding carboxylic acids is 1. The number of likely N-dealkylation sites (tertiary alicyclic amines) is 1. The summed E-state index contributed by atoms with van der Waals surface area (Å²) in [5, 5.41) is 0.410. The number of piperidine rings is 1. The Morgan fingerprint density at radius 3 is 2.95 bits per heavy atom. The fraction of sp³-hybridized carbons (Fsp3) is 0.471. The molecule has 0 bridgehead atoms. The number of terminal acetylenes is 1. The molecule has 116 valence electrons. The number of ether oxygens (including phenoxy) is 2. The molecule has 0 aliphatic carbocycles. The molecule has 0 radical (unpaired) electrons. The molecule has 2 heterocycles. The zero-order valence-electron chi connectivity index (χ0n) is 12.3. The number of hydrogen-bond acceptors (Lipinski definition) is 3. The van der Waals surface area contributed by atoms with Gasteiger partial charge in [0.05, 0.1) is 18.2 Å². The number of halogens is 1. The summed E-state index contributed by atoms with van der Waals surface area (Å²) in [6.07, 6.45) is 8.19. The second-order valence-corrected chi connectivity index (χ2v) is 6.00. The second-order valence-electron chi connectivity index (χ2n) is 5.59. The first kappa shape index (κ1) is 15.1.